The average Bonchev–Trinajstić information content (AvgIpc) is 3.36. The molecule has 1 spiro atoms. The number of piperidine rings is 1. The predicted octanol–water partition coefficient (Wildman–Crippen LogP) is 0.843. The van der Waals surface area contributed by atoms with Crippen molar-refractivity contribution >= 4 is 11.8 Å². The van der Waals surface area contributed by atoms with Crippen molar-refractivity contribution in [1.29, 1.82) is 0 Å². The second-order valence-electron chi connectivity index (χ2n) is 7.03. The lowest BCUT2D eigenvalue weighted by molar-refractivity contribution is -0.188. The maximum Gasteiger partial charge on any atom is 0.238 e. The van der Waals surface area contributed by atoms with E-state index < -0.39 is 11.2 Å². The molecule has 0 radical (unpaired) electrons. The van der Waals surface area contributed by atoms with Crippen LogP contribution in [0, 0.1) is 5.41 Å². The van der Waals surface area contributed by atoms with Crippen molar-refractivity contribution in [2.24, 2.45) is 5.41 Å². The summed E-state index contributed by atoms with van der Waals surface area (Å²) in [5.41, 5.74) is 0.0546. The van der Waals surface area contributed by atoms with Crippen LogP contribution in [0.25, 0.3) is 0 Å². The van der Waals surface area contributed by atoms with Gasteiger partial charge in [-0.1, -0.05) is 6.07 Å². The van der Waals surface area contributed by atoms with E-state index in [1.807, 2.05) is 12.1 Å². The van der Waals surface area contributed by atoms with E-state index in [-0.39, 0.29) is 11.8 Å². The number of carbonyl (C=O) groups is 2. The molecular weight excluding hydrogens is 322 g/mol. The minimum absolute atomic E-state index is 0.0518. The van der Waals surface area contributed by atoms with Crippen molar-refractivity contribution in [3.05, 3.63) is 30.1 Å². The van der Waals surface area contributed by atoms with Crippen LogP contribution < -0.4 is 5.32 Å². The van der Waals surface area contributed by atoms with Gasteiger partial charge in [0.15, 0.2) is 5.79 Å². The molecule has 0 atom stereocenters. The third kappa shape index (κ3) is 3.14. The van der Waals surface area contributed by atoms with Gasteiger partial charge in [-0.15, -0.1) is 0 Å². The summed E-state index contributed by atoms with van der Waals surface area (Å²) in [4.78, 5) is 31.3. The Morgan fingerprint density at radius 1 is 1.16 bits per heavy atom. The summed E-state index contributed by atoms with van der Waals surface area (Å²) in [6.45, 7) is 2.79. The van der Waals surface area contributed by atoms with Crippen LogP contribution in [0.5, 0.6) is 0 Å². The lowest BCUT2D eigenvalue weighted by atomic mass is 9.98. The molecule has 1 saturated carbocycles. The van der Waals surface area contributed by atoms with Crippen LogP contribution in [0.3, 0.4) is 0 Å². The van der Waals surface area contributed by atoms with Crippen LogP contribution in [0.2, 0.25) is 0 Å². The number of ether oxygens (including phenoxy) is 2. The van der Waals surface area contributed by atoms with Crippen molar-refractivity contribution in [2.45, 2.75) is 38.0 Å². The number of likely N-dealkylation sites (tertiary alicyclic amines) is 1. The lowest BCUT2D eigenvalue weighted by Crippen LogP contribution is -2.51. The minimum atomic E-state index is -0.871. The summed E-state index contributed by atoms with van der Waals surface area (Å²) in [6.07, 6.45) is 6.00. The summed E-state index contributed by atoms with van der Waals surface area (Å²) in [5, 5.41) is 2.89. The van der Waals surface area contributed by atoms with E-state index in [2.05, 4.69) is 10.3 Å². The van der Waals surface area contributed by atoms with Crippen LogP contribution in [0.15, 0.2) is 24.5 Å². The Bertz CT molecular complexity index is 644. The zero-order valence-electron chi connectivity index (χ0n) is 14.2. The molecule has 1 N–H and O–H groups in total. The second kappa shape index (κ2) is 6.38. The molecule has 1 aromatic heterocycles. The van der Waals surface area contributed by atoms with Crippen molar-refractivity contribution in [1.82, 2.24) is 15.2 Å². The number of nitrogens with zero attached hydrogens (tertiary/aromatic N) is 2. The number of pyridine rings is 1. The zero-order chi connectivity index (χ0) is 17.3. The number of carbonyl (C=O) groups excluding carboxylic acids is 2. The summed E-state index contributed by atoms with van der Waals surface area (Å²) in [5.74, 6) is -0.727. The van der Waals surface area contributed by atoms with E-state index in [1.165, 1.54) is 0 Å². The monoisotopic (exact) mass is 345 g/mol. The van der Waals surface area contributed by atoms with Crippen LogP contribution in [0.1, 0.15) is 31.2 Å². The van der Waals surface area contributed by atoms with Gasteiger partial charge < -0.3 is 19.7 Å². The summed E-state index contributed by atoms with van der Waals surface area (Å²) >= 11 is 0. The molecule has 7 heteroatoms. The number of amides is 2. The Kier molecular flexibility index (Phi) is 4.21. The summed E-state index contributed by atoms with van der Waals surface area (Å²) in [7, 11) is 0. The molecule has 3 heterocycles. The fraction of sp³-hybridized carbons (Fsp3) is 0.611. The number of hydrogen-bond acceptors (Lipinski definition) is 5. The topological polar surface area (TPSA) is 80.8 Å². The van der Waals surface area contributed by atoms with Gasteiger partial charge >= 0.3 is 0 Å². The molecule has 0 aromatic carbocycles. The van der Waals surface area contributed by atoms with Gasteiger partial charge in [0.25, 0.3) is 0 Å². The highest BCUT2D eigenvalue weighted by Gasteiger charge is 2.58. The van der Waals surface area contributed by atoms with Crippen LogP contribution in [-0.4, -0.2) is 53.8 Å². The van der Waals surface area contributed by atoms with Gasteiger partial charge in [-0.2, -0.15) is 0 Å². The van der Waals surface area contributed by atoms with Gasteiger partial charge in [-0.3, -0.25) is 14.6 Å². The average molecular weight is 345 g/mol. The third-order valence-electron chi connectivity index (χ3n) is 5.40. The highest BCUT2D eigenvalue weighted by Crippen LogP contribution is 2.48. The molecule has 2 saturated heterocycles. The molecule has 0 unspecified atom stereocenters. The molecular formula is C18H23N3O4. The minimum Gasteiger partial charge on any atom is -0.351 e. The molecule has 4 rings (SSSR count). The smallest absolute Gasteiger partial charge is 0.238 e. The van der Waals surface area contributed by atoms with Crippen LogP contribution in [-0.2, 0) is 25.6 Å². The zero-order valence-corrected chi connectivity index (χ0v) is 14.2. The fourth-order valence-corrected chi connectivity index (χ4v) is 3.66. The van der Waals surface area contributed by atoms with E-state index >= 15 is 0 Å². The summed E-state index contributed by atoms with van der Waals surface area (Å²) in [6, 6.07) is 3.73. The van der Waals surface area contributed by atoms with Gasteiger partial charge in [-0.25, -0.2) is 0 Å². The van der Waals surface area contributed by atoms with Crippen molar-refractivity contribution in [2.75, 3.05) is 26.3 Å². The molecule has 1 aliphatic carbocycles. The molecule has 3 aliphatic rings. The first kappa shape index (κ1) is 16.5. The molecule has 25 heavy (non-hydrogen) atoms. The van der Waals surface area contributed by atoms with Crippen LogP contribution in [0.4, 0.5) is 0 Å². The van der Waals surface area contributed by atoms with E-state index in [1.54, 1.807) is 17.3 Å². The maximum atomic E-state index is 12.9. The summed E-state index contributed by atoms with van der Waals surface area (Å²) < 4.78 is 11.4. The number of aromatic nitrogens is 1. The highest BCUT2D eigenvalue weighted by atomic mass is 16.7. The van der Waals surface area contributed by atoms with E-state index in [0.717, 1.165) is 5.56 Å². The van der Waals surface area contributed by atoms with Gasteiger partial charge in [0, 0.05) is 44.9 Å². The quantitative estimate of drug-likeness (QED) is 0.818. The molecule has 1 aromatic rings. The van der Waals surface area contributed by atoms with E-state index in [9.17, 15) is 9.59 Å². The largest absolute Gasteiger partial charge is 0.351 e. The lowest BCUT2D eigenvalue weighted by Gasteiger charge is -2.38. The first-order valence-electron chi connectivity index (χ1n) is 8.88. The third-order valence-corrected chi connectivity index (χ3v) is 5.40. The first-order valence-corrected chi connectivity index (χ1v) is 8.88. The molecule has 2 aliphatic heterocycles. The van der Waals surface area contributed by atoms with E-state index in [0.29, 0.717) is 58.5 Å². The Hall–Kier alpha value is -1.99. The van der Waals surface area contributed by atoms with Crippen molar-refractivity contribution in [3.63, 3.8) is 0 Å². The standard InChI is InChI=1S/C18H23N3O4/c22-15(20-13-14-2-1-7-19-12-14)17(3-4-17)16(23)21-8-5-18(6-9-21)24-10-11-25-18/h1-2,7,12H,3-6,8-11,13H2,(H,20,22). The number of rotatable bonds is 4. The van der Waals surface area contributed by atoms with Gasteiger partial charge in [0.05, 0.1) is 13.2 Å². The fourth-order valence-electron chi connectivity index (χ4n) is 3.66. The normalized spacial score (nSPS) is 23.4. The molecule has 3 fully saturated rings. The molecule has 7 nitrogen and oxygen atoms in total. The Balaban J connectivity index is 1.34. The van der Waals surface area contributed by atoms with Gasteiger partial charge in [0.2, 0.25) is 11.8 Å². The molecule has 0 bridgehead atoms. The van der Waals surface area contributed by atoms with Crippen molar-refractivity contribution < 1.29 is 19.1 Å². The Labute approximate surface area is 146 Å². The maximum absolute atomic E-state index is 12.9. The number of hydrogen-bond donors (Lipinski definition) is 1. The second-order valence-corrected chi connectivity index (χ2v) is 7.03. The Morgan fingerprint density at radius 2 is 1.88 bits per heavy atom. The predicted molar refractivity (Wildman–Crippen MR) is 88.2 cm³/mol. The van der Waals surface area contributed by atoms with Gasteiger partial charge in [0.1, 0.15) is 5.41 Å². The Morgan fingerprint density at radius 3 is 2.48 bits per heavy atom. The molecule has 134 valence electrons. The van der Waals surface area contributed by atoms with Crippen LogP contribution >= 0.6 is 0 Å². The molecule has 2 amide bonds. The van der Waals surface area contributed by atoms with E-state index in [4.69, 9.17) is 9.47 Å². The highest BCUT2D eigenvalue weighted by molar-refractivity contribution is 6.07. The van der Waals surface area contributed by atoms with Crippen molar-refractivity contribution in [3.8, 4) is 0 Å². The SMILES string of the molecule is O=C(NCc1cccnc1)C1(C(=O)N2CCC3(CC2)OCCO3)CC1. The first-order chi connectivity index (χ1) is 12.1. The van der Waals surface area contributed by atoms with Gasteiger partial charge in [-0.05, 0) is 24.5 Å². The number of nitrogens with one attached hydrogen (secondary N) is 1.